The lowest BCUT2D eigenvalue weighted by atomic mass is 10.1. The Morgan fingerprint density at radius 1 is 1.65 bits per heavy atom. The lowest BCUT2D eigenvalue weighted by molar-refractivity contribution is 0.158. The van der Waals surface area contributed by atoms with Crippen LogP contribution in [-0.4, -0.2) is 48.1 Å². The maximum Gasteiger partial charge on any atom is 0.209 e. The Balaban J connectivity index is 2.85. The Kier molecular flexibility index (Phi) is 7.79. The van der Waals surface area contributed by atoms with E-state index in [1.807, 2.05) is 17.2 Å². The zero-order valence-electron chi connectivity index (χ0n) is 13.2. The SMILES string of the molecule is CCC(Cc1csc(NC(=N)N)n1)N(CCOC)C(N)=NC#N. The van der Waals surface area contributed by atoms with Gasteiger partial charge in [-0.05, 0) is 6.42 Å². The summed E-state index contributed by atoms with van der Waals surface area (Å²) in [5, 5.41) is 21.1. The molecule has 1 aromatic rings. The average Bonchev–Trinajstić information content (AvgIpc) is 2.93. The summed E-state index contributed by atoms with van der Waals surface area (Å²) in [5.74, 6) is 0.0266. The summed E-state index contributed by atoms with van der Waals surface area (Å²) in [6.45, 7) is 3.05. The summed E-state index contributed by atoms with van der Waals surface area (Å²) in [4.78, 5) is 9.87. The largest absolute Gasteiger partial charge is 0.383 e. The monoisotopic (exact) mass is 338 g/mol. The molecule has 126 valence electrons. The van der Waals surface area contributed by atoms with Crippen molar-refractivity contribution in [3.8, 4) is 6.19 Å². The molecule has 0 saturated carbocycles. The molecule has 1 unspecified atom stereocenters. The standard InChI is InChI=1S/C13H22N8OS/c1-3-10(21(4-5-22-2)12(17)18-8-14)6-9-7-23-13(19-9)20-11(15)16/h7,10H,3-6H2,1-2H3,(H2,17,18)(H4,15,16,19,20). The van der Waals surface area contributed by atoms with E-state index < -0.39 is 0 Å². The fourth-order valence-electron chi connectivity index (χ4n) is 2.08. The van der Waals surface area contributed by atoms with Crippen LogP contribution in [0.25, 0.3) is 0 Å². The molecule has 1 atom stereocenters. The van der Waals surface area contributed by atoms with Gasteiger partial charge in [-0.2, -0.15) is 5.26 Å². The van der Waals surface area contributed by atoms with E-state index in [0.717, 1.165) is 12.1 Å². The second kappa shape index (κ2) is 9.60. The first-order valence-electron chi connectivity index (χ1n) is 7.05. The van der Waals surface area contributed by atoms with Crippen LogP contribution in [0.2, 0.25) is 0 Å². The number of nitrogens with two attached hydrogens (primary N) is 2. The van der Waals surface area contributed by atoms with Gasteiger partial charge < -0.3 is 26.4 Å². The van der Waals surface area contributed by atoms with Crippen molar-refractivity contribution < 1.29 is 4.74 Å². The van der Waals surface area contributed by atoms with Gasteiger partial charge in [-0.15, -0.1) is 16.3 Å². The summed E-state index contributed by atoms with van der Waals surface area (Å²) in [7, 11) is 1.61. The number of aliphatic imine (C=N–C) groups is 1. The van der Waals surface area contributed by atoms with Gasteiger partial charge in [-0.25, -0.2) is 4.98 Å². The Hall–Kier alpha value is -2.38. The van der Waals surface area contributed by atoms with E-state index in [1.54, 1.807) is 13.3 Å². The van der Waals surface area contributed by atoms with Crippen molar-refractivity contribution in [3.63, 3.8) is 0 Å². The predicted octanol–water partition coefficient (Wildman–Crippen LogP) is 0.514. The fraction of sp³-hybridized carbons (Fsp3) is 0.538. The number of methoxy groups -OCH3 is 1. The number of guanidine groups is 2. The molecule has 6 N–H and O–H groups in total. The third-order valence-electron chi connectivity index (χ3n) is 3.15. The van der Waals surface area contributed by atoms with Crippen LogP contribution >= 0.6 is 11.3 Å². The Morgan fingerprint density at radius 2 is 2.39 bits per heavy atom. The second-order valence-electron chi connectivity index (χ2n) is 4.71. The molecule has 0 radical (unpaired) electrons. The highest BCUT2D eigenvalue weighted by Gasteiger charge is 2.20. The third kappa shape index (κ3) is 6.09. The van der Waals surface area contributed by atoms with Crippen LogP contribution in [-0.2, 0) is 11.2 Å². The van der Waals surface area contributed by atoms with Gasteiger partial charge in [0.25, 0.3) is 0 Å². The first kappa shape index (κ1) is 18.7. The topological polar surface area (TPSA) is 149 Å². The molecule has 0 aliphatic rings. The summed E-state index contributed by atoms with van der Waals surface area (Å²) < 4.78 is 5.10. The highest BCUT2D eigenvalue weighted by molar-refractivity contribution is 7.13. The van der Waals surface area contributed by atoms with E-state index in [4.69, 9.17) is 26.9 Å². The number of aromatic nitrogens is 1. The fourth-order valence-corrected chi connectivity index (χ4v) is 2.81. The Bertz CT molecular complexity index is 579. The molecule has 1 aromatic heterocycles. The van der Waals surface area contributed by atoms with E-state index >= 15 is 0 Å². The van der Waals surface area contributed by atoms with E-state index in [1.165, 1.54) is 11.3 Å². The van der Waals surface area contributed by atoms with Crippen LogP contribution in [0.5, 0.6) is 0 Å². The summed E-state index contributed by atoms with van der Waals surface area (Å²) in [6.07, 6.45) is 3.15. The average molecular weight is 338 g/mol. The Labute approximate surface area is 139 Å². The number of hydrogen-bond acceptors (Lipinski definition) is 6. The van der Waals surface area contributed by atoms with Gasteiger partial charge in [-0.1, -0.05) is 6.92 Å². The minimum Gasteiger partial charge on any atom is -0.383 e. The molecule has 0 aromatic carbocycles. The molecule has 9 nitrogen and oxygen atoms in total. The first-order valence-corrected chi connectivity index (χ1v) is 7.93. The zero-order chi connectivity index (χ0) is 17.2. The van der Waals surface area contributed by atoms with Crippen LogP contribution in [0.3, 0.4) is 0 Å². The number of anilines is 1. The number of nitrogens with one attached hydrogen (secondary N) is 2. The quantitative estimate of drug-likeness (QED) is 0.306. The van der Waals surface area contributed by atoms with Crippen molar-refractivity contribution in [2.45, 2.75) is 25.8 Å². The molecule has 0 aliphatic carbocycles. The molecule has 1 rings (SSSR count). The first-order chi connectivity index (χ1) is 11.0. The number of hydrogen-bond donors (Lipinski definition) is 4. The summed E-state index contributed by atoms with van der Waals surface area (Å²) in [5.41, 5.74) is 12.0. The Morgan fingerprint density at radius 3 is 2.96 bits per heavy atom. The minimum absolute atomic E-state index is 0.0366. The van der Waals surface area contributed by atoms with Gasteiger partial charge in [0.1, 0.15) is 0 Å². The van der Waals surface area contributed by atoms with Crippen molar-refractivity contribution >= 4 is 28.4 Å². The molecular formula is C13H22N8OS. The predicted molar refractivity (Wildman–Crippen MR) is 91.3 cm³/mol. The number of rotatable bonds is 8. The highest BCUT2D eigenvalue weighted by Crippen LogP contribution is 2.19. The summed E-state index contributed by atoms with van der Waals surface area (Å²) in [6, 6.07) is 0.0366. The van der Waals surface area contributed by atoms with Crippen LogP contribution in [0.4, 0.5) is 5.13 Å². The van der Waals surface area contributed by atoms with Crippen LogP contribution < -0.4 is 16.8 Å². The van der Waals surface area contributed by atoms with Gasteiger partial charge in [0.15, 0.2) is 11.1 Å². The number of ether oxygens (including phenoxy) is 1. The molecule has 0 amide bonds. The number of thiazole rings is 1. The van der Waals surface area contributed by atoms with E-state index in [9.17, 15) is 0 Å². The zero-order valence-corrected chi connectivity index (χ0v) is 14.1. The van der Waals surface area contributed by atoms with E-state index in [0.29, 0.717) is 24.7 Å². The van der Waals surface area contributed by atoms with Crippen molar-refractivity contribution in [2.75, 3.05) is 25.6 Å². The molecule has 1 heterocycles. The smallest absolute Gasteiger partial charge is 0.209 e. The van der Waals surface area contributed by atoms with Crippen LogP contribution in [0.15, 0.2) is 10.4 Å². The minimum atomic E-state index is -0.148. The maximum absolute atomic E-state index is 8.72. The van der Waals surface area contributed by atoms with Gasteiger partial charge >= 0.3 is 0 Å². The van der Waals surface area contributed by atoms with Crippen molar-refractivity contribution in [1.29, 1.82) is 10.7 Å². The van der Waals surface area contributed by atoms with Gasteiger partial charge in [0, 0.05) is 31.5 Å². The van der Waals surface area contributed by atoms with Crippen LogP contribution in [0.1, 0.15) is 19.0 Å². The highest BCUT2D eigenvalue weighted by atomic mass is 32.1. The normalized spacial score (nSPS) is 12.5. The maximum atomic E-state index is 8.72. The molecule has 0 aliphatic heterocycles. The molecule has 0 saturated heterocycles. The van der Waals surface area contributed by atoms with Crippen molar-refractivity contribution in [2.24, 2.45) is 16.5 Å². The molecule has 23 heavy (non-hydrogen) atoms. The van der Waals surface area contributed by atoms with E-state index in [2.05, 4.69) is 15.3 Å². The molecule has 0 fully saturated rings. The van der Waals surface area contributed by atoms with Gasteiger partial charge in [0.05, 0.1) is 12.3 Å². The summed E-state index contributed by atoms with van der Waals surface area (Å²) >= 11 is 1.38. The van der Waals surface area contributed by atoms with Crippen molar-refractivity contribution in [1.82, 2.24) is 9.88 Å². The third-order valence-corrected chi connectivity index (χ3v) is 3.95. The van der Waals surface area contributed by atoms with Crippen LogP contribution in [0, 0.1) is 16.9 Å². The second-order valence-corrected chi connectivity index (χ2v) is 5.56. The molecular weight excluding hydrogens is 316 g/mol. The lowest BCUT2D eigenvalue weighted by Gasteiger charge is -2.31. The molecule has 0 bridgehead atoms. The van der Waals surface area contributed by atoms with E-state index in [-0.39, 0.29) is 18.0 Å². The van der Waals surface area contributed by atoms with Gasteiger partial charge in [0.2, 0.25) is 12.2 Å². The molecule has 10 heteroatoms. The molecule has 0 spiro atoms. The number of nitriles is 1. The lowest BCUT2D eigenvalue weighted by Crippen LogP contribution is -2.47. The van der Waals surface area contributed by atoms with Gasteiger partial charge in [-0.3, -0.25) is 5.41 Å². The number of nitrogens with zero attached hydrogens (tertiary/aromatic N) is 4. The van der Waals surface area contributed by atoms with Crippen molar-refractivity contribution in [3.05, 3.63) is 11.1 Å².